The molecule has 1 fully saturated rings. The summed E-state index contributed by atoms with van der Waals surface area (Å²) in [4.78, 5) is 22.8. The molecule has 9 nitrogen and oxygen atoms in total. The molecule has 3 rings (SSSR count). The summed E-state index contributed by atoms with van der Waals surface area (Å²) in [7, 11) is -3.73. The molecule has 0 unspecified atom stereocenters. The second-order valence-corrected chi connectivity index (χ2v) is 8.54. The van der Waals surface area contributed by atoms with Crippen molar-refractivity contribution >= 4 is 33.2 Å². The molecule has 29 heavy (non-hydrogen) atoms. The number of hydrogen-bond acceptors (Lipinski definition) is 6. The van der Waals surface area contributed by atoms with Crippen molar-refractivity contribution < 1.29 is 22.9 Å². The van der Waals surface area contributed by atoms with Gasteiger partial charge in [-0.25, -0.2) is 8.42 Å². The van der Waals surface area contributed by atoms with E-state index >= 15 is 0 Å². The molecule has 1 N–H and O–H groups in total. The number of nitrogens with zero attached hydrogens (tertiary/aromatic N) is 2. The highest BCUT2D eigenvalue weighted by Gasteiger charge is 2.28. The number of benzene rings is 2. The van der Waals surface area contributed by atoms with Gasteiger partial charge in [0.05, 0.1) is 23.0 Å². The van der Waals surface area contributed by atoms with E-state index in [1.165, 1.54) is 22.5 Å². The monoisotopic (exact) mass is 439 g/mol. The largest absolute Gasteiger partial charge is 0.379 e. The van der Waals surface area contributed by atoms with E-state index in [1.54, 1.807) is 18.2 Å². The summed E-state index contributed by atoms with van der Waals surface area (Å²) < 4.78 is 32.4. The minimum atomic E-state index is -3.73. The molecule has 0 aliphatic carbocycles. The van der Waals surface area contributed by atoms with Crippen molar-refractivity contribution in [3.8, 4) is 0 Å². The molecular weight excluding hydrogens is 422 g/mol. The molecule has 2 aromatic carbocycles. The maximum absolute atomic E-state index is 12.9. The fraction of sp³-hybridized carbons (Fsp3) is 0.278. The fourth-order valence-corrected chi connectivity index (χ4v) is 4.72. The molecule has 1 saturated heterocycles. The number of nitro benzene ring substituents is 1. The Labute approximate surface area is 172 Å². The van der Waals surface area contributed by atoms with E-state index in [0.29, 0.717) is 18.8 Å². The number of hydrogen-bond donors (Lipinski definition) is 1. The van der Waals surface area contributed by atoms with Crippen LogP contribution in [0.3, 0.4) is 0 Å². The first kappa shape index (κ1) is 21.2. The number of amides is 1. The lowest BCUT2D eigenvalue weighted by molar-refractivity contribution is -0.384. The van der Waals surface area contributed by atoms with Crippen molar-refractivity contribution in [2.45, 2.75) is 11.4 Å². The van der Waals surface area contributed by atoms with Gasteiger partial charge in [-0.1, -0.05) is 29.8 Å². The molecule has 0 bridgehead atoms. The molecule has 154 valence electrons. The highest BCUT2D eigenvalue weighted by atomic mass is 35.5. The second-order valence-electron chi connectivity index (χ2n) is 6.23. The molecule has 1 amide bonds. The lowest BCUT2D eigenvalue weighted by Crippen LogP contribution is -2.41. The van der Waals surface area contributed by atoms with E-state index < -0.39 is 20.9 Å². The first-order chi connectivity index (χ1) is 13.8. The van der Waals surface area contributed by atoms with Gasteiger partial charge in [-0.15, -0.1) is 0 Å². The number of ether oxygens (including phenoxy) is 1. The standard InChI is InChI=1S/C18H18ClN3O6S/c19-15-6-5-13(11-16(15)22(24)25)18(23)20-12-14-3-1-2-4-17(14)29(26,27)21-7-9-28-10-8-21/h1-6,11H,7-10,12H2,(H,20,23). The van der Waals surface area contributed by atoms with Gasteiger partial charge < -0.3 is 10.1 Å². The van der Waals surface area contributed by atoms with Gasteiger partial charge >= 0.3 is 0 Å². The zero-order valence-corrected chi connectivity index (χ0v) is 16.8. The number of nitrogens with one attached hydrogen (secondary N) is 1. The number of halogens is 1. The summed E-state index contributed by atoms with van der Waals surface area (Å²) in [6.45, 7) is 1.12. The smallest absolute Gasteiger partial charge is 0.288 e. The highest BCUT2D eigenvalue weighted by Crippen LogP contribution is 2.25. The number of carbonyl (C=O) groups excluding carboxylic acids is 1. The van der Waals surface area contributed by atoms with E-state index in [2.05, 4.69) is 5.32 Å². The normalized spacial score (nSPS) is 15.1. The Hall–Kier alpha value is -2.53. The molecule has 1 heterocycles. The minimum absolute atomic E-state index is 0.0506. The zero-order chi connectivity index (χ0) is 21.0. The summed E-state index contributed by atoms with van der Waals surface area (Å²) in [5.74, 6) is -0.580. The molecule has 0 spiro atoms. The van der Waals surface area contributed by atoms with Crippen LogP contribution in [0.15, 0.2) is 47.4 Å². The first-order valence-electron chi connectivity index (χ1n) is 8.68. The Morgan fingerprint density at radius 3 is 2.59 bits per heavy atom. The third-order valence-corrected chi connectivity index (χ3v) is 6.72. The minimum Gasteiger partial charge on any atom is -0.379 e. The zero-order valence-electron chi connectivity index (χ0n) is 15.2. The van der Waals surface area contributed by atoms with Crippen molar-refractivity contribution in [1.29, 1.82) is 0 Å². The summed E-state index contributed by atoms with van der Waals surface area (Å²) in [5, 5.41) is 13.5. The molecule has 11 heteroatoms. The maximum Gasteiger partial charge on any atom is 0.288 e. The second kappa shape index (κ2) is 8.87. The Morgan fingerprint density at radius 1 is 1.21 bits per heavy atom. The number of carbonyl (C=O) groups is 1. The Kier molecular flexibility index (Phi) is 6.48. The van der Waals surface area contributed by atoms with Gasteiger partial charge in [0.25, 0.3) is 11.6 Å². The third kappa shape index (κ3) is 4.73. The van der Waals surface area contributed by atoms with Crippen molar-refractivity contribution in [3.05, 3.63) is 68.7 Å². The Bertz CT molecular complexity index is 1040. The SMILES string of the molecule is O=C(NCc1ccccc1S(=O)(=O)N1CCOCC1)c1ccc(Cl)c([N+](=O)[O-])c1. The Morgan fingerprint density at radius 2 is 1.90 bits per heavy atom. The maximum atomic E-state index is 12.9. The van der Waals surface area contributed by atoms with Crippen molar-refractivity contribution in [1.82, 2.24) is 9.62 Å². The summed E-state index contributed by atoms with van der Waals surface area (Å²) in [6.07, 6.45) is 0. The molecule has 1 aliphatic heterocycles. The fourth-order valence-electron chi connectivity index (χ4n) is 2.90. The average Bonchev–Trinajstić information content (AvgIpc) is 2.73. The number of rotatable bonds is 6. The number of nitro groups is 1. The lowest BCUT2D eigenvalue weighted by Gasteiger charge is -2.27. The van der Waals surface area contributed by atoms with E-state index in [4.69, 9.17) is 16.3 Å². The average molecular weight is 440 g/mol. The van der Waals surface area contributed by atoms with Crippen LogP contribution in [0, 0.1) is 10.1 Å². The quantitative estimate of drug-likeness (QED) is 0.544. The van der Waals surface area contributed by atoms with Gasteiger partial charge in [-0.2, -0.15) is 4.31 Å². The lowest BCUT2D eigenvalue weighted by atomic mass is 10.1. The topological polar surface area (TPSA) is 119 Å². The van der Waals surface area contributed by atoms with Crippen LogP contribution in [0.1, 0.15) is 15.9 Å². The Balaban J connectivity index is 1.79. The van der Waals surface area contributed by atoms with Gasteiger partial charge in [-0.3, -0.25) is 14.9 Å². The predicted octanol–water partition coefficient (Wildman–Crippen LogP) is 2.20. The van der Waals surface area contributed by atoms with Crippen molar-refractivity contribution in [2.75, 3.05) is 26.3 Å². The van der Waals surface area contributed by atoms with Gasteiger partial charge in [0, 0.05) is 31.3 Å². The molecule has 1 aliphatic rings. The predicted molar refractivity (Wildman–Crippen MR) is 105 cm³/mol. The van der Waals surface area contributed by atoms with E-state index in [9.17, 15) is 23.3 Å². The summed E-state index contributed by atoms with van der Waals surface area (Å²) >= 11 is 5.76. The number of morpholine rings is 1. The van der Waals surface area contributed by atoms with Crippen LogP contribution in [0.25, 0.3) is 0 Å². The number of sulfonamides is 1. The van der Waals surface area contributed by atoms with Crippen LogP contribution in [-0.4, -0.2) is 49.9 Å². The van der Waals surface area contributed by atoms with Crippen LogP contribution >= 0.6 is 11.6 Å². The van der Waals surface area contributed by atoms with Crippen molar-refractivity contribution in [2.24, 2.45) is 0 Å². The van der Waals surface area contributed by atoms with Crippen LogP contribution in [0.5, 0.6) is 0 Å². The van der Waals surface area contributed by atoms with Crippen LogP contribution in [0.2, 0.25) is 5.02 Å². The summed E-state index contributed by atoms with van der Waals surface area (Å²) in [6, 6.07) is 10.1. The molecular formula is C18H18ClN3O6S. The van der Waals surface area contributed by atoms with Crippen LogP contribution < -0.4 is 5.32 Å². The van der Waals surface area contributed by atoms with Crippen molar-refractivity contribution in [3.63, 3.8) is 0 Å². The van der Waals surface area contributed by atoms with E-state index in [-0.39, 0.29) is 40.8 Å². The van der Waals surface area contributed by atoms with Gasteiger partial charge in [0.2, 0.25) is 10.0 Å². The van der Waals surface area contributed by atoms with Crippen LogP contribution in [0.4, 0.5) is 5.69 Å². The third-order valence-electron chi connectivity index (χ3n) is 4.40. The van der Waals surface area contributed by atoms with Gasteiger partial charge in [0.1, 0.15) is 5.02 Å². The molecule has 0 aromatic heterocycles. The van der Waals surface area contributed by atoms with E-state index in [0.717, 1.165) is 6.07 Å². The molecule has 0 atom stereocenters. The highest BCUT2D eigenvalue weighted by molar-refractivity contribution is 7.89. The van der Waals surface area contributed by atoms with E-state index in [1.807, 2.05) is 0 Å². The molecule has 0 radical (unpaired) electrons. The van der Waals surface area contributed by atoms with Crippen LogP contribution in [-0.2, 0) is 21.3 Å². The van der Waals surface area contributed by atoms with Gasteiger partial charge in [0.15, 0.2) is 0 Å². The summed E-state index contributed by atoms with van der Waals surface area (Å²) in [5.41, 5.74) is 0.0834. The first-order valence-corrected chi connectivity index (χ1v) is 10.5. The molecule has 2 aromatic rings. The molecule has 0 saturated carbocycles. The van der Waals surface area contributed by atoms with Gasteiger partial charge in [-0.05, 0) is 23.8 Å².